The zero-order valence-corrected chi connectivity index (χ0v) is 15.3. The van der Waals surface area contributed by atoms with Crippen LogP contribution in [0.5, 0.6) is 0 Å². The molecule has 0 N–H and O–H groups in total. The number of nitrogens with zero attached hydrogens (tertiary/aromatic N) is 1. The molecule has 134 valence electrons. The standard InChI is InChI=1S/C23H25NO2/c1-17-7-9-20(10-8-17)22-15-21(19-11-12-19)13-14-24(22)23(25)26-16-18-5-3-2-4-6-18/h2-10,22H,11-16H2,1H3/t22-/m0/s1. The van der Waals surface area contributed by atoms with Crippen LogP contribution in [0.25, 0.3) is 0 Å². The molecule has 4 rings (SSSR count). The molecule has 1 heterocycles. The van der Waals surface area contributed by atoms with Crippen LogP contribution in [-0.2, 0) is 11.3 Å². The maximum absolute atomic E-state index is 12.8. The van der Waals surface area contributed by atoms with E-state index in [0.717, 1.165) is 24.9 Å². The Bertz CT molecular complexity index is 802. The Kier molecular flexibility index (Phi) is 4.79. The number of amides is 1. The van der Waals surface area contributed by atoms with Crippen LogP contribution in [0.15, 0.2) is 65.7 Å². The fraction of sp³-hybridized carbons (Fsp3) is 0.348. The summed E-state index contributed by atoms with van der Waals surface area (Å²) in [5.41, 5.74) is 6.63. The summed E-state index contributed by atoms with van der Waals surface area (Å²) in [5.74, 6) is 0. The molecular formula is C23H25NO2. The third-order valence-corrected chi connectivity index (χ3v) is 5.37. The quantitative estimate of drug-likeness (QED) is 0.680. The van der Waals surface area contributed by atoms with Crippen molar-refractivity contribution >= 4 is 6.09 Å². The van der Waals surface area contributed by atoms with Crippen LogP contribution < -0.4 is 0 Å². The highest BCUT2D eigenvalue weighted by Crippen LogP contribution is 2.42. The van der Waals surface area contributed by atoms with Gasteiger partial charge < -0.3 is 9.64 Å². The predicted molar refractivity (Wildman–Crippen MR) is 103 cm³/mol. The Hall–Kier alpha value is -2.55. The molecule has 0 bridgehead atoms. The van der Waals surface area contributed by atoms with Crippen molar-refractivity contribution in [1.29, 1.82) is 0 Å². The van der Waals surface area contributed by atoms with Gasteiger partial charge in [-0.2, -0.15) is 0 Å². The van der Waals surface area contributed by atoms with E-state index in [4.69, 9.17) is 4.74 Å². The van der Waals surface area contributed by atoms with Crippen LogP contribution in [0.4, 0.5) is 4.79 Å². The van der Waals surface area contributed by atoms with Crippen LogP contribution in [0.2, 0.25) is 0 Å². The predicted octanol–water partition coefficient (Wildman–Crippen LogP) is 5.56. The minimum Gasteiger partial charge on any atom is -0.445 e. The van der Waals surface area contributed by atoms with E-state index in [1.807, 2.05) is 35.2 Å². The molecule has 1 saturated heterocycles. The number of piperidine rings is 1. The van der Waals surface area contributed by atoms with Gasteiger partial charge in [0.2, 0.25) is 0 Å². The molecule has 26 heavy (non-hydrogen) atoms. The second-order valence-corrected chi connectivity index (χ2v) is 7.32. The van der Waals surface area contributed by atoms with Crippen LogP contribution in [0, 0.1) is 6.92 Å². The Morgan fingerprint density at radius 3 is 2.42 bits per heavy atom. The maximum atomic E-state index is 12.8. The molecule has 0 aromatic heterocycles. The summed E-state index contributed by atoms with van der Waals surface area (Å²) >= 11 is 0. The van der Waals surface area contributed by atoms with Crippen molar-refractivity contribution in [3.63, 3.8) is 0 Å². The monoisotopic (exact) mass is 347 g/mol. The molecule has 1 atom stereocenters. The Balaban J connectivity index is 1.51. The van der Waals surface area contributed by atoms with Crippen molar-refractivity contribution in [2.75, 3.05) is 6.54 Å². The number of hydrogen-bond donors (Lipinski definition) is 0. The molecule has 0 unspecified atom stereocenters. The highest BCUT2D eigenvalue weighted by molar-refractivity contribution is 5.69. The summed E-state index contributed by atoms with van der Waals surface area (Å²) < 4.78 is 5.63. The molecule has 0 spiro atoms. The Morgan fingerprint density at radius 1 is 1.00 bits per heavy atom. The number of ether oxygens (including phenoxy) is 1. The van der Waals surface area contributed by atoms with E-state index < -0.39 is 0 Å². The maximum Gasteiger partial charge on any atom is 0.410 e. The number of carbonyl (C=O) groups excluding carboxylic acids is 1. The SMILES string of the molecule is Cc1ccc([C@@H]2CC(=C3CC3)CCN2C(=O)OCc2ccccc2)cc1. The minimum atomic E-state index is -0.209. The van der Waals surface area contributed by atoms with Crippen LogP contribution >= 0.6 is 0 Å². The summed E-state index contributed by atoms with van der Waals surface area (Å²) in [4.78, 5) is 14.7. The van der Waals surface area contributed by atoms with Crippen molar-refractivity contribution in [1.82, 2.24) is 4.90 Å². The third kappa shape index (κ3) is 3.82. The first-order chi connectivity index (χ1) is 12.7. The summed E-state index contributed by atoms with van der Waals surface area (Å²) in [7, 11) is 0. The van der Waals surface area contributed by atoms with E-state index in [1.54, 1.807) is 11.1 Å². The average Bonchev–Trinajstić information content (AvgIpc) is 3.52. The lowest BCUT2D eigenvalue weighted by Crippen LogP contribution is -2.39. The summed E-state index contributed by atoms with van der Waals surface area (Å²) in [6, 6.07) is 18.5. The molecule has 2 aromatic carbocycles. The van der Waals surface area contributed by atoms with Gasteiger partial charge in [0.05, 0.1) is 6.04 Å². The fourth-order valence-electron chi connectivity index (χ4n) is 3.70. The van der Waals surface area contributed by atoms with Gasteiger partial charge in [-0.3, -0.25) is 0 Å². The van der Waals surface area contributed by atoms with Crippen molar-refractivity contribution in [3.05, 3.63) is 82.4 Å². The van der Waals surface area contributed by atoms with Crippen molar-refractivity contribution in [3.8, 4) is 0 Å². The third-order valence-electron chi connectivity index (χ3n) is 5.37. The van der Waals surface area contributed by atoms with Gasteiger partial charge >= 0.3 is 6.09 Å². The molecule has 1 amide bonds. The molecule has 3 nitrogen and oxygen atoms in total. The minimum absolute atomic E-state index is 0.0794. The summed E-state index contributed by atoms with van der Waals surface area (Å²) in [6.45, 7) is 3.16. The van der Waals surface area contributed by atoms with Gasteiger partial charge in [0.15, 0.2) is 0 Å². The van der Waals surface area contributed by atoms with Crippen LogP contribution in [0.1, 0.15) is 48.4 Å². The molecule has 3 heteroatoms. The lowest BCUT2D eigenvalue weighted by molar-refractivity contribution is 0.0746. The molecule has 1 aliphatic heterocycles. The molecule has 2 fully saturated rings. The molecule has 2 aromatic rings. The van der Waals surface area contributed by atoms with E-state index >= 15 is 0 Å². The summed E-state index contributed by atoms with van der Waals surface area (Å²) in [6.07, 6.45) is 4.21. The first kappa shape index (κ1) is 16.9. The summed E-state index contributed by atoms with van der Waals surface area (Å²) in [5, 5.41) is 0. The van der Waals surface area contributed by atoms with E-state index in [-0.39, 0.29) is 12.1 Å². The van der Waals surface area contributed by atoms with Gasteiger partial charge in [0, 0.05) is 6.54 Å². The van der Waals surface area contributed by atoms with E-state index in [1.165, 1.54) is 24.0 Å². The van der Waals surface area contributed by atoms with Crippen LogP contribution in [-0.4, -0.2) is 17.5 Å². The van der Waals surface area contributed by atoms with Gasteiger partial charge in [-0.05, 0) is 43.7 Å². The van der Waals surface area contributed by atoms with Gasteiger partial charge in [-0.1, -0.05) is 71.3 Å². The number of carbonyl (C=O) groups is 1. The Morgan fingerprint density at radius 2 is 1.73 bits per heavy atom. The highest BCUT2D eigenvalue weighted by Gasteiger charge is 2.33. The zero-order chi connectivity index (χ0) is 17.9. The second-order valence-electron chi connectivity index (χ2n) is 7.32. The molecule has 1 saturated carbocycles. The highest BCUT2D eigenvalue weighted by atomic mass is 16.6. The number of allylic oxidation sites excluding steroid dienone is 1. The molecule has 1 aliphatic carbocycles. The fourth-order valence-corrected chi connectivity index (χ4v) is 3.70. The van der Waals surface area contributed by atoms with Crippen molar-refractivity contribution in [2.24, 2.45) is 0 Å². The largest absolute Gasteiger partial charge is 0.445 e. The van der Waals surface area contributed by atoms with Gasteiger partial charge in [-0.25, -0.2) is 4.79 Å². The Labute approximate surface area is 155 Å². The average molecular weight is 347 g/mol. The van der Waals surface area contributed by atoms with Crippen molar-refractivity contribution < 1.29 is 9.53 Å². The normalized spacial score (nSPS) is 19.4. The second kappa shape index (κ2) is 7.36. The van der Waals surface area contributed by atoms with Gasteiger partial charge in [0.1, 0.15) is 6.61 Å². The molecule has 0 radical (unpaired) electrons. The first-order valence-corrected chi connectivity index (χ1v) is 9.44. The lowest BCUT2D eigenvalue weighted by Gasteiger charge is -2.36. The number of benzene rings is 2. The smallest absolute Gasteiger partial charge is 0.410 e. The number of aryl methyl sites for hydroxylation is 1. The van der Waals surface area contributed by atoms with Crippen LogP contribution in [0.3, 0.4) is 0 Å². The lowest BCUT2D eigenvalue weighted by atomic mass is 9.91. The van der Waals surface area contributed by atoms with Gasteiger partial charge in [-0.15, -0.1) is 0 Å². The molecular weight excluding hydrogens is 322 g/mol. The number of rotatable bonds is 3. The molecule has 2 aliphatic rings. The topological polar surface area (TPSA) is 29.5 Å². The number of likely N-dealkylation sites (tertiary alicyclic amines) is 1. The zero-order valence-electron chi connectivity index (χ0n) is 15.3. The first-order valence-electron chi connectivity index (χ1n) is 9.44. The van der Waals surface area contributed by atoms with E-state index in [0.29, 0.717) is 6.61 Å². The van der Waals surface area contributed by atoms with E-state index in [2.05, 4.69) is 31.2 Å². The van der Waals surface area contributed by atoms with Crippen molar-refractivity contribution in [2.45, 2.75) is 45.3 Å². The number of hydrogen-bond acceptors (Lipinski definition) is 2. The van der Waals surface area contributed by atoms with E-state index in [9.17, 15) is 4.79 Å². The van der Waals surface area contributed by atoms with Gasteiger partial charge in [0.25, 0.3) is 0 Å².